The molecule has 452 valence electrons. The summed E-state index contributed by atoms with van der Waals surface area (Å²) in [5.74, 6) is -0.885. The lowest BCUT2D eigenvalue weighted by Gasteiger charge is -2.18. The van der Waals surface area contributed by atoms with Crippen molar-refractivity contribution in [3.8, 4) is 0 Å². The number of rotatable bonds is 60. The zero-order valence-corrected chi connectivity index (χ0v) is 51.9. The highest BCUT2D eigenvalue weighted by atomic mass is 16.6. The molecule has 0 heterocycles. The van der Waals surface area contributed by atoms with E-state index in [9.17, 15) is 14.4 Å². The Morgan fingerprint density at radius 3 is 0.785 bits per heavy atom. The minimum atomic E-state index is -0.782. The SMILES string of the molecule is CC/C=C\C/C=C\C/C=C\C/C=C\C/C=C\C/C=C\C/C=C\C/C=C\CCCCCCCCCCCCC(=O)OCC(COC(=O)CCCCCCCCCCCC)OC(=O)CCCCCCC/C=C\CCCCCCCCC. The van der Waals surface area contributed by atoms with Crippen LogP contribution in [0.25, 0.3) is 0 Å². The Morgan fingerprint density at radius 2 is 0.494 bits per heavy atom. The Bertz CT molecular complexity index is 1590. The molecule has 0 bridgehead atoms. The van der Waals surface area contributed by atoms with Crippen molar-refractivity contribution in [1.82, 2.24) is 0 Å². The molecule has 6 heteroatoms. The number of carbonyl (C=O) groups excluding carboxylic acids is 3. The largest absolute Gasteiger partial charge is 0.462 e. The van der Waals surface area contributed by atoms with Crippen LogP contribution in [0.3, 0.4) is 0 Å². The molecule has 0 aliphatic carbocycles. The van der Waals surface area contributed by atoms with Gasteiger partial charge in [0.05, 0.1) is 0 Å². The number of esters is 3. The van der Waals surface area contributed by atoms with E-state index in [1.165, 1.54) is 154 Å². The zero-order valence-electron chi connectivity index (χ0n) is 51.9. The van der Waals surface area contributed by atoms with Crippen molar-refractivity contribution in [2.24, 2.45) is 0 Å². The molecule has 0 radical (unpaired) electrons. The summed E-state index contributed by atoms with van der Waals surface area (Å²) >= 11 is 0. The second-order valence-electron chi connectivity index (χ2n) is 22.0. The molecule has 0 aliphatic heterocycles. The van der Waals surface area contributed by atoms with E-state index in [2.05, 4.69) is 130 Å². The molecule has 1 unspecified atom stereocenters. The lowest BCUT2D eigenvalue weighted by atomic mass is 10.1. The molecule has 0 saturated heterocycles. The molecule has 0 saturated carbocycles. The molecule has 0 amide bonds. The van der Waals surface area contributed by atoms with Gasteiger partial charge in [-0.15, -0.1) is 0 Å². The van der Waals surface area contributed by atoms with Gasteiger partial charge in [-0.1, -0.05) is 297 Å². The molecule has 0 aromatic rings. The van der Waals surface area contributed by atoms with Crippen LogP contribution >= 0.6 is 0 Å². The summed E-state index contributed by atoms with van der Waals surface area (Å²) in [6.07, 6.45) is 91.1. The van der Waals surface area contributed by atoms with Crippen molar-refractivity contribution in [1.29, 1.82) is 0 Å². The van der Waals surface area contributed by atoms with Crippen molar-refractivity contribution < 1.29 is 28.6 Å². The first-order valence-corrected chi connectivity index (χ1v) is 33.4. The normalized spacial score (nSPS) is 12.8. The van der Waals surface area contributed by atoms with Crippen LogP contribution in [-0.4, -0.2) is 37.2 Å². The third-order valence-corrected chi connectivity index (χ3v) is 14.3. The number of carbonyl (C=O) groups is 3. The van der Waals surface area contributed by atoms with E-state index in [0.29, 0.717) is 19.3 Å². The lowest BCUT2D eigenvalue weighted by molar-refractivity contribution is -0.167. The van der Waals surface area contributed by atoms with Crippen molar-refractivity contribution in [3.05, 3.63) is 109 Å². The van der Waals surface area contributed by atoms with E-state index in [0.717, 1.165) is 122 Å². The van der Waals surface area contributed by atoms with Gasteiger partial charge in [-0.2, -0.15) is 0 Å². The number of hydrogen-bond acceptors (Lipinski definition) is 6. The summed E-state index contributed by atoms with van der Waals surface area (Å²) in [5, 5.41) is 0. The number of ether oxygens (including phenoxy) is 3. The summed E-state index contributed by atoms with van der Waals surface area (Å²) in [6, 6.07) is 0. The fraction of sp³-hybridized carbons (Fsp3) is 0.712. The molecule has 0 aliphatic rings. The minimum absolute atomic E-state index is 0.0791. The van der Waals surface area contributed by atoms with E-state index in [1.54, 1.807) is 0 Å². The number of allylic oxidation sites excluding steroid dienone is 18. The van der Waals surface area contributed by atoms with Crippen molar-refractivity contribution in [3.63, 3.8) is 0 Å². The van der Waals surface area contributed by atoms with Crippen LogP contribution in [0, 0.1) is 0 Å². The highest BCUT2D eigenvalue weighted by molar-refractivity contribution is 5.71. The van der Waals surface area contributed by atoms with Crippen LogP contribution in [0.4, 0.5) is 0 Å². The van der Waals surface area contributed by atoms with Crippen LogP contribution < -0.4 is 0 Å². The monoisotopic (exact) mass is 1100 g/mol. The molecular weight excluding hydrogens is 973 g/mol. The Morgan fingerprint density at radius 1 is 0.266 bits per heavy atom. The summed E-state index contributed by atoms with van der Waals surface area (Å²) < 4.78 is 16.9. The highest BCUT2D eigenvalue weighted by Crippen LogP contribution is 2.16. The molecule has 0 rings (SSSR count). The average Bonchev–Trinajstić information content (AvgIpc) is 3.45. The Kier molecular flexibility index (Phi) is 63.3. The van der Waals surface area contributed by atoms with Crippen LogP contribution in [0.15, 0.2) is 109 Å². The molecule has 6 nitrogen and oxygen atoms in total. The molecule has 0 spiro atoms. The van der Waals surface area contributed by atoms with E-state index < -0.39 is 6.10 Å². The fourth-order valence-electron chi connectivity index (χ4n) is 9.28. The summed E-state index contributed by atoms with van der Waals surface area (Å²) in [7, 11) is 0. The van der Waals surface area contributed by atoms with Gasteiger partial charge in [0.15, 0.2) is 6.10 Å². The van der Waals surface area contributed by atoms with Gasteiger partial charge in [-0.3, -0.25) is 14.4 Å². The van der Waals surface area contributed by atoms with Crippen LogP contribution in [0.5, 0.6) is 0 Å². The number of unbranched alkanes of at least 4 members (excludes halogenated alkanes) is 31. The van der Waals surface area contributed by atoms with Gasteiger partial charge in [0.25, 0.3) is 0 Å². The molecular formula is C73H124O6. The predicted molar refractivity (Wildman–Crippen MR) is 343 cm³/mol. The quantitative estimate of drug-likeness (QED) is 0.0261. The van der Waals surface area contributed by atoms with Crippen LogP contribution in [-0.2, 0) is 28.6 Å². The predicted octanol–water partition coefficient (Wildman–Crippen LogP) is 23.0. The van der Waals surface area contributed by atoms with Crippen molar-refractivity contribution in [2.75, 3.05) is 13.2 Å². The van der Waals surface area contributed by atoms with Crippen LogP contribution in [0.1, 0.15) is 316 Å². The maximum absolute atomic E-state index is 12.9. The summed E-state index contributed by atoms with van der Waals surface area (Å²) in [6.45, 7) is 6.52. The third kappa shape index (κ3) is 64.8. The van der Waals surface area contributed by atoms with Gasteiger partial charge in [-0.05, 0) is 109 Å². The van der Waals surface area contributed by atoms with E-state index in [1.807, 2.05) is 0 Å². The first kappa shape index (κ1) is 75.1. The van der Waals surface area contributed by atoms with Gasteiger partial charge < -0.3 is 14.2 Å². The third-order valence-electron chi connectivity index (χ3n) is 14.3. The van der Waals surface area contributed by atoms with Gasteiger partial charge in [-0.25, -0.2) is 0 Å². The average molecular weight is 1100 g/mol. The molecule has 79 heavy (non-hydrogen) atoms. The Hall–Kier alpha value is -3.93. The maximum Gasteiger partial charge on any atom is 0.306 e. The Balaban J connectivity index is 4.17. The van der Waals surface area contributed by atoms with Gasteiger partial charge >= 0.3 is 17.9 Å². The van der Waals surface area contributed by atoms with E-state index in [-0.39, 0.29) is 31.1 Å². The fourth-order valence-corrected chi connectivity index (χ4v) is 9.28. The second-order valence-corrected chi connectivity index (χ2v) is 22.0. The van der Waals surface area contributed by atoms with E-state index in [4.69, 9.17) is 14.2 Å². The highest BCUT2D eigenvalue weighted by Gasteiger charge is 2.19. The summed E-state index contributed by atoms with van der Waals surface area (Å²) in [4.78, 5) is 38.2. The smallest absolute Gasteiger partial charge is 0.306 e. The molecule has 0 N–H and O–H groups in total. The number of hydrogen-bond donors (Lipinski definition) is 0. The summed E-state index contributed by atoms with van der Waals surface area (Å²) in [5.41, 5.74) is 0. The van der Waals surface area contributed by atoms with Gasteiger partial charge in [0, 0.05) is 19.3 Å². The van der Waals surface area contributed by atoms with E-state index >= 15 is 0 Å². The molecule has 0 aromatic heterocycles. The van der Waals surface area contributed by atoms with Crippen molar-refractivity contribution >= 4 is 17.9 Å². The second kappa shape index (κ2) is 66.6. The first-order valence-electron chi connectivity index (χ1n) is 33.4. The Labute approximate surface area is 489 Å². The standard InChI is InChI=1S/C73H124O6/c1-4-7-10-13-16-19-22-24-26-28-29-30-31-32-33-34-35-36-37-38-39-40-41-42-43-44-45-46-48-49-51-54-57-60-63-66-72(75)78-69-70(68-77-71(74)65-62-59-56-53-21-18-15-12-9-6-3)79-73(76)67-64-61-58-55-52-50-47-27-25-23-20-17-14-11-8-5-2/h7,10,16,19,24,26-27,29-30,32-33,35-36,38-39,41-42,47,70H,4-6,8-9,11-15,17-18,20-23,25,28,31,34,37,40,43-46,48-69H2,1-3H3/b10-7-,19-16-,26-24-,30-29-,33-32-,36-35-,39-38-,42-41-,47-27-. The van der Waals surface area contributed by atoms with Gasteiger partial charge in [0.2, 0.25) is 0 Å². The van der Waals surface area contributed by atoms with Gasteiger partial charge in [0.1, 0.15) is 13.2 Å². The van der Waals surface area contributed by atoms with Crippen LogP contribution in [0.2, 0.25) is 0 Å². The first-order chi connectivity index (χ1) is 39.0. The zero-order chi connectivity index (χ0) is 57.1. The lowest BCUT2D eigenvalue weighted by Crippen LogP contribution is -2.30. The minimum Gasteiger partial charge on any atom is -0.462 e. The molecule has 0 fully saturated rings. The molecule has 1 atom stereocenters. The maximum atomic E-state index is 12.9. The van der Waals surface area contributed by atoms with Crippen molar-refractivity contribution in [2.45, 2.75) is 322 Å². The molecule has 0 aromatic carbocycles. The topological polar surface area (TPSA) is 78.9 Å².